The molecule has 1 aromatic heterocycles. The maximum Gasteiger partial charge on any atom is 0.148 e. The fraction of sp³-hybridized carbons (Fsp3) is 0.231. The molecule has 1 aromatic carbocycles. The van der Waals surface area contributed by atoms with Crippen molar-refractivity contribution in [1.82, 2.24) is 5.32 Å². The van der Waals surface area contributed by atoms with Crippen LogP contribution in [0.15, 0.2) is 37.0 Å². The largest absolute Gasteiger partial charge is 0.486 e. The Morgan fingerprint density at radius 2 is 1.84 bits per heavy atom. The van der Waals surface area contributed by atoms with Crippen molar-refractivity contribution in [3.8, 4) is 5.75 Å². The standard InChI is InChI=1S/C13H12Br3NOS/c1-17-5-8-2-11(15)13(12(16)3-8)18-6-10-4-9(14)7-19-10/h2-4,7,17H,5-6H2,1H3. The summed E-state index contributed by atoms with van der Waals surface area (Å²) in [6.07, 6.45) is 0. The maximum atomic E-state index is 5.88. The first-order chi connectivity index (χ1) is 9.10. The molecule has 2 nitrogen and oxygen atoms in total. The summed E-state index contributed by atoms with van der Waals surface area (Å²) in [5, 5.41) is 5.19. The van der Waals surface area contributed by atoms with E-state index in [2.05, 4.69) is 76.7 Å². The van der Waals surface area contributed by atoms with E-state index in [0.717, 1.165) is 25.7 Å². The van der Waals surface area contributed by atoms with E-state index in [1.165, 1.54) is 10.4 Å². The molecule has 102 valence electrons. The molecular formula is C13H12Br3NOS. The molecule has 0 saturated heterocycles. The van der Waals surface area contributed by atoms with Crippen LogP contribution in [0.1, 0.15) is 10.4 Å². The topological polar surface area (TPSA) is 21.3 Å². The molecule has 1 heterocycles. The highest BCUT2D eigenvalue weighted by Gasteiger charge is 2.09. The predicted octanol–water partition coefficient (Wildman–Crippen LogP) is 5.33. The normalized spacial score (nSPS) is 10.7. The molecule has 0 aliphatic carbocycles. The van der Waals surface area contributed by atoms with Crippen LogP contribution in [0.5, 0.6) is 5.75 Å². The van der Waals surface area contributed by atoms with Crippen LogP contribution in [0.2, 0.25) is 0 Å². The molecular weight excluding hydrogens is 458 g/mol. The first-order valence-corrected chi connectivity index (χ1v) is 8.84. The zero-order valence-electron chi connectivity index (χ0n) is 10.2. The van der Waals surface area contributed by atoms with Gasteiger partial charge in [0.2, 0.25) is 0 Å². The molecule has 0 aliphatic rings. The van der Waals surface area contributed by atoms with E-state index in [0.29, 0.717) is 6.61 Å². The van der Waals surface area contributed by atoms with Gasteiger partial charge in [-0.25, -0.2) is 0 Å². The third-order valence-electron chi connectivity index (χ3n) is 2.42. The monoisotopic (exact) mass is 467 g/mol. The molecule has 6 heteroatoms. The van der Waals surface area contributed by atoms with Crippen LogP contribution in [0.4, 0.5) is 0 Å². The third kappa shape index (κ3) is 4.29. The van der Waals surface area contributed by atoms with Crippen molar-refractivity contribution >= 4 is 59.1 Å². The van der Waals surface area contributed by atoms with Crippen LogP contribution in [-0.4, -0.2) is 7.05 Å². The van der Waals surface area contributed by atoms with Gasteiger partial charge in [-0.2, -0.15) is 0 Å². The summed E-state index contributed by atoms with van der Waals surface area (Å²) in [5.41, 5.74) is 1.20. The van der Waals surface area contributed by atoms with E-state index in [9.17, 15) is 0 Å². The quantitative estimate of drug-likeness (QED) is 0.638. The number of ether oxygens (including phenoxy) is 1. The zero-order valence-corrected chi connectivity index (χ0v) is 15.7. The minimum Gasteiger partial charge on any atom is -0.486 e. The summed E-state index contributed by atoms with van der Waals surface area (Å²) in [5.74, 6) is 0.837. The molecule has 1 N–H and O–H groups in total. The Morgan fingerprint density at radius 3 is 2.37 bits per heavy atom. The van der Waals surface area contributed by atoms with Crippen molar-refractivity contribution in [3.63, 3.8) is 0 Å². The molecule has 19 heavy (non-hydrogen) atoms. The summed E-state index contributed by atoms with van der Waals surface area (Å²) in [6, 6.07) is 6.21. The van der Waals surface area contributed by atoms with Crippen LogP contribution in [0.3, 0.4) is 0 Å². The van der Waals surface area contributed by atoms with Crippen molar-refractivity contribution in [2.24, 2.45) is 0 Å². The third-order valence-corrected chi connectivity index (χ3v) is 5.27. The van der Waals surface area contributed by atoms with Crippen LogP contribution in [0.25, 0.3) is 0 Å². The van der Waals surface area contributed by atoms with Gasteiger partial charge in [0.15, 0.2) is 0 Å². The van der Waals surface area contributed by atoms with Gasteiger partial charge in [-0.05, 0) is 78.6 Å². The van der Waals surface area contributed by atoms with Crippen molar-refractivity contribution in [2.45, 2.75) is 13.2 Å². The first kappa shape index (κ1) is 15.5. The fourth-order valence-corrected chi connectivity index (χ4v) is 4.50. The Hall–Kier alpha value is 0.120. The first-order valence-electron chi connectivity index (χ1n) is 5.58. The SMILES string of the molecule is CNCc1cc(Br)c(OCc2cc(Br)cs2)c(Br)c1. The lowest BCUT2D eigenvalue weighted by molar-refractivity contribution is 0.305. The molecule has 0 aliphatic heterocycles. The van der Waals surface area contributed by atoms with Crippen LogP contribution < -0.4 is 10.1 Å². The Kier molecular flexibility index (Phi) is 5.89. The van der Waals surface area contributed by atoms with E-state index in [1.807, 2.05) is 7.05 Å². The summed E-state index contributed by atoms with van der Waals surface area (Å²) < 4.78 is 8.89. The smallest absolute Gasteiger partial charge is 0.148 e. The van der Waals surface area contributed by atoms with Gasteiger partial charge in [-0.3, -0.25) is 0 Å². The Labute approximate surface area is 141 Å². The van der Waals surface area contributed by atoms with Crippen molar-refractivity contribution in [3.05, 3.63) is 47.4 Å². The lowest BCUT2D eigenvalue weighted by atomic mass is 10.2. The van der Waals surface area contributed by atoms with Crippen molar-refractivity contribution in [1.29, 1.82) is 0 Å². The van der Waals surface area contributed by atoms with Gasteiger partial charge in [-0.15, -0.1) is 11.3 Å². The second kappa shape index (κ2) is 7.22. The zero-order chi connectivity index (χ0) is 13.8. The fourth-order valence-electron chi connectivity index (χ4n) is 1.63. The highest BCUT2D eigenvalue weighted by molar-refractivity contribution is 9.11. The number of thiophene rings is 1. The van der Waals surface area contributed by atoms with Crippen molar-refractivity contribution < 1.29 is 4.74 Å². The summed E-state index contributed by atoms with van der Waals surface area (Å²) in [7, 11) is 1.93. The van der Waals surface area contributed by atoms with Crippen molar-refractivity contribution in [2.75, 3.05) is 7.05 Å². The molecule has 0 bridgehead atoms. The lowest BCUT2D eigenvalue weighted by Gasteiger charge is -2.11. The average molecular weight is 470 g/mol. The van der Waals surface area contributed by atoms with Gasteiger partial charge < -0.3 is 10.1 Å². The van der Waals surface area contributed by atoms with Gasteiger partial charge >= 0.3 is 0 Å². The van der Waals surface area contributed by atoms with Gasteiger partial charge in [0.25, 0.3) is 0 Å². The number of hydrogen-bond acceptors (Lipinski definition) is 3. The highest BCUT2D eigenvalue weighted by Crippen LogP contribution is 2.35. The van der Waals surface area contributed by atoms with Gasteiger partial charge in [0.05, 0.1) is 8.95 Å². The molecule has 2 rings (SSSR count). The number of halogens is 3. The minimum absolute atomic E-state index is 0.568. The Bertz CT molecular complexity index is 548. The molecule has 0 spiro atoms. The molecule has 0 atom stereocenters. The minimum atomic E-state index is 0.568. The predicted molar refractivity (Wildman–Crippen MR) is 91.0 cm³/mol. The average Bonchev–Trinajstić information content (AvgIpc) is 2.74. The van der Waals surface area contributed by atoms with E-state index < -0.39 is 0 Å². The molecule has 0 fully saturated rings. The van der Waals surface area contributed by atoms with E-state index in [4.69, 9.17) is 4.74 Å². The molecule has 0 saturated carbocycles. The second-order valence-electron chi connectivity index (χ2n) is 3.94. The van der Waals surface area contributed by atoms with Crippen LogP contribution in [-0.2, 0) is 13.2 Å². The molecule has 0 radical (unpaired) electrons. The lowest BCUT2D eigenvalue weighted by Crippen LogP contribution is -2.05. The Morgan fingerprint density at radius 1 is 1.16 bits per heavy atom. The van der Waals surface area contributed by atoms with E-state index in [1.54, 1.807) is 11.3 Å². The molecule has 2 aromatic rings. The van der Waals surface area contributed by atoms with Gasteiger partial charge in [0.1, 0.15) is 12.4 Å². The summed E-state index contributed by atoms with van der Waals surface area (Å²) in [6.45, 7) is 1.40. The van der Waals surface area contributed by atoms with Gasteiger partial charge in [0, 0.05) is 21.3 Å². The van der Waals surface area contributed by atoms with E-state index >= 15 is 0 Å². The molecule has 0 amide bonds. The number of rotatable bonds is 5. The van der Waals surface area contributed by atoms with Crippen LogP contribution >= 0.6 is 59.1 Å². The molecule has 0 unspecified atom stereocenters. The maximum absolute atomic E-state index is 5.88. The number of benzene rings is 1. The highest BCUT2D eigenvalue weighted by atomic mass is 79.9. The van der Waals surface area contributed by atoms with E-state index in [-0.39, 0.29) is 0 Å². The van der Waals surface area contributed by atoms with Crippen LogP contribution in [0, 0.1) is 0 Å². The number of nitrogens with one attached hydrogen (secondary N) is 1. The second-order valence-corrected chi connectivity index (χ2v) is 7.56. The summed E-state index contributed by atoms with van der Waals surface area (Å²) >= 11 is 12.2. The Balaban J connectivity index is 2.11. The van der Waals surface area contributed by atoms with Gasteiger partial charge in [-0.1, -0.05) is 0 Å². The summed E-state index contributed by atoms with van der Waals surface area (Å²) in [4.78, 5) is 1.19. The number of hydrogen-bond donors (Lipinski definition) is 1.